The van der Waals surface area contributed by atoms with Crippen molar-refractivity contribution in [3.63, 3.8) is 0 Å². The number of halogens is 1. The Hall–Kier alpha value is -2.15. The molecule has 0 amide bonds. The van der Waals surface area contributed by atoms with Crippen molar-refractivity contribution in [2.45, 2.75) is 44.5 Å². The summed E-state index contributed by atoms with van der Waals surface area (Å²) in [7, 11) is 0. The van der Waals surface area contributed by atoms with Crippen LogP contribution < -0.4 is 0 Å². The number of aromatic nitrogens is 3. The second kappa shape index (κ2) is 9.33. The summed E-state index contributed by atoms with van der Waals surface area (Å²) >= 11 is 7.47. The third kappa shape index (κ3) is 4.77. The Morgan fingerprint density at radius 2 is 2.00 bits per heavy atom. The summed E-state index contributed by atoms with van der Waals surface area (Å²) in [4.78, 5) is 12.8. The number of ether oxygens (including phenoxy) is 1. The maximum atomic E-state index is 12.8. The first-order chi connectivity index (χ1) is 14.5. The molecule has 1 saturated heterocycles. The molecule has 1 aliphatic rings. The van der Waals surface area contributed by atoms with E-state index in [4.69, 9.17) is 16.3 Å². The quantitative estimate of drug-likeness (QED) is 0.364. The van der Waals surface area contributed by atoms with Crippen LogP contribution in [0.15, 0.2) is 47.6 Å². The molecule has 1 aromatic heterocycles. The van der Waals surface area contributed by atoms with Crippen molar-refractivity contribution in [3.05, 3.63) is 64.2 Å². The molecule has 30 heavy (non-hydrogen) atoms. The standard InChI is InChI=1S/C23H24ClN3O2S/c1-15-5-6-16(2)20(12-15)21(28)14-30-23-26-25-22(17-7-9-18(24)10-8-17)27(23)13-19-4-3-11-29-19/h5-10,12,19H,3-4,11,13-14H2,1-2H3/t19-/m1/s1. The molecule has 156 valence electrons. The molecule has 4 rings (SSSR count). The summed E-state index contributed by atoms with van der Waals surface area (Å²) < 4.78 is 7.91. The minimum Gasteiger partial charge on any atom is -0.376 e. The molecule has 5 nitrogen and oxygen atoms in total. The van der Waals surface area contributed by atoms with E-state index in [1.54, 1.807) is 0 Å². The van der Waals surface area contributed by atoms with Gasteiger partial charge >= 0.3 is 0 Å². The molecule has 1 aliphatic heterocycles. The number of hydrogen-bond acceptors (Lipinski definition) is 5. The number of carbonyl (C=O) groups excluding carboxylic acids is 1. The predicted molar refractivity (Wildman–Crippen MR) is 120 cm³/mol. The molecule has 0 N–H and O–H groups in total. The summed E-state index contributed by atoms with van der Waals surface area (Å²) in [6.45, 7) is 5.43. The van der Waals surface area contributed by atoms with Gasteiger partial charge in [-0.3, -0.25) is 9.36 Å². The van der Waals surface area contributed by atoms with E-state index >= 15 is 0 Å². The highest BCUT2D eigenvalue weighted by atomic mass is 35.5. The van der Waals surface area contributed by atoms with E-state index in [2.05, 4.69) is 14.8 Å². The predicted octanol–water partition coefficient (Wildman–Crippen LogP) is 5.37. The first kappa shape index (κ1) is 21.1. The van der Waals surface area contributed by atoms with Crippen LogP contribution in [0.3, 0.4) is 0 Å². The van der Waals surface area contributed by atoms with E-state index in [1.807, 2.05) is 56.3 Å². The van der Waals surface area contributed by atoms with Crippen LogP contribution in [0.5, 0.6) is 0 Å². The highest BCUT2D eigenvalue weighted by Gasteiger charge is 2.22. The lowest BCUT2D eigenvalue weighted by atomic mass is 10.0. The van der Waals surface area contributed by atoms with Crippen LogP contribution in [0.25, 0.3) is 11.4 Å². The number of Topliss-reactive ketones (excluding diaryl/α,β-unsaturated/α-hetero) is 1. The Kier molecular flexibility index (Phi) is 6.56. The molecule has 2 aromatic carbocycles. The fourth-order valence-corrected chi connectivity index (χ4v) is 4.57. The average Bonchev–Trinajstić information content (AvgIpc) is 3.39. The summed E-state index contributed by atoms with van der Waals surface area (Å²) in [6.07, 6.45) is 2.22. The van der Waals surface area contributed by atoms with Gasteiger partial charge in [0.25, 0.3) is 0 Å². The lowest BCUT2D eigenvalue weighted by molar-refractivity contribution is 0.0953. The topological polar surface area (TPSA) is 57.0 Å². The van der Waals surface area contributed by atoms with Gasteiger partial charge in [-0.2, -0.15) is 0 Å². The highest BCUT2D eigenvalue weighted by molar-refractivity contribution is 7.99. The van der Waals surface area contributed by atoms with Crippen molar-refractivity contribution < 1.29 is 9.53 Å². The molecule has 0 radical (unpaired) electrons. The van der Waals surface area contributed by atoms with Gasteiger partial charge in [-0.05, 0) is 62.6 Å². The van der Waals surface area contributed by atoms with Crippen LogP contribution in [0.1, 0.15) is 34.3 Å². The van der Waals surface area contributed by atoms with Crippen molar-refractivity contribution in [2.75, 3.05) is 12.4 Å². The molecule has 0 unspecified atom stereocenters. The number of carbonyl (C=O) groups is 1. The molecular formula is C23H24ClN3O2S. The number of rotatable bonds is 7. The number of hydrogen-bond donors (Lipinski definition) is 0. The van der Waals surface area contributed by atoms with Gasteiger partial charge in [0.1, 0.15) is 0 Å². The number of benzene rings is 2. The second-order valence-electron chi connectivity index (χ2n) is 7.59. The van der Waals surface area contributed by atoms with Crippen molar-refractivity contribution in [3.8, 4) is 11.4 Å². The maximum Gasteiger partial charge on any atom is 0.192 e. The Bertz CT molecular complexity index is 1040. The van der Waals surface area contributed by atoms with Crippen molar-refractivity contribution in [1.29, 1.82) is 0 Å². The van der Waals surface area contributed by atoms with Gasteiger partial charge in [-0.15, -0.1) is 10.2 Å². The molecule has 1 fully saturated rings. The minimum atomic E-state index is 0.0981. The van der Waals surface area contributed by atoms with E-state index in [1.165, 1.54) is 11.8 Å². The third-order valence-corrected chi connectivity index (χ3v) is 6.47. The van der Waals surface area contributed by atoms with Crippen molar-refractivity contribution in [2.24, 2.45) is 0 Å². The summed E-state index contributed by atoms with van der Waals surface area (Å²) in [5, 5.41) is 10.2. The summed E-state index contributed by atoms with van der Waals surface area (Å²) in [5.41, 5.74) is 3.79. The Balaban J connectivity index is 1.58. The lowest BCUT2D eigenvalue weighted by Crippen LogP contribution is -2.17. The zero-order valence-corrected chi connectivity index (χ0v) is 18.7. The molecule has 7 heteroatoms. The first-order valence-corrected chi connectivity index (χ1v) is 11.4. The van der Waals surface area contributed by atoms with Gasteiger partial charge in [0.05, 0.1) is 18.4 Å². The highest BCUT2D eigenvalue weighted by Crippen LogP contribution is 2.28. The van der Waals surface area contributed by atoms with Crippen molar-refractivity contribution >= 4 is 29.1 Å². The number of ketones is 1. The SMILES string of the molecule is Cc1ccc(C)c(C(=O)CSc2nnc(-c3ccc(Cl)cc3)n2C[C@H]2CCCO2)c1. The molecule has 0 spiro atoms. The Labute approximate surface area is 185 Å². The smallest absolute Gasteiger partial charge is 0.192 e. The second-order valence-corrected chi connectivity index (χ2v) is 8.97. The number of nitrogens with zero attached hydrogens (tertiary/aromatic N) is 3. The fraction of sp³-hybridized carbons (Fsp3) is 0.348. The monoisotopic (exact) mass is 441 g/mol. The zero-order valence-electron chi connectivity index (χ0n) is 17.1. The van der Waals surface area contributed by atoms with Gasteiger partial charge in [0, 0.05) is 22.8 Å². The average molecular weight is 442 g/mol. The van der Waals surface area contributed by atoms with Gasteiger partial charge in [-0.1, -0.05) is 41.1 Å². The molecule has 3 aromatic rings. The van der Waals surface area contributed by atoms with E-state index in [0.29, 0.717) is 17.3 Å². The van der Waals surface area contributed by atoms with Gasteiger partial charge < -0.3 is 4.74 Å². The van der Waals surface area contributed by atoms with E-state index in [-0.39, 0.29) is 11.9 Å². The zero-order chi connectivity index (χ0) is 21.1. The Morgan fingerprint density at radius 3 is 2.73 bits per heavy atom. The van der Waals surface area contributed by atoms with E-state index in [9.17, 15) is 4.79 Å². The van der Waals surface area contributed by atoms with Gasteiger partial charge in [0.15, 0.2) is 16.8 Å². The fourth-order valence-electron chi connectivity index (χ4n) is 3.61. The van der Waals surface area contributed by atoms with Crippen LogP contribution in [0.2, 0.25) is 5.02 Å². The Morgan fingerprint density at radius 1 is 1.20 bits per heavy atom. The van der Waals surface area contributed by atoms with Crippen LogP contribution in [0.4, 0.5) is 0 Å². The van der Waals surface area contributed by atoms with Crippen LogP contribution in [-0.2, 0) is 11.3 Å². The third-order valence-electron chi connectivity index (χ3n) is 5.26. The number of aryl methyl sites for hydroxylation is 2. The first-order valence-electron chi connectivity index (χ1n) is 10.1. The van der Waals surface area contributed by atoms with Crippen LogP contribution in [-0.4, -0.2) is 39.0 Å². The summed E-state index contributed by atoms with van der Waals surface area (Å²) in [5.74, 6) is 1.18. The summed E-state index contributed by atoms with van der Waals surface area (Å²) in [6, 6.07) is 13.5. The molecule has 0 bridgehead atoms. The molecule has 0 aliphatic carbocycles. The van der Waals surface area contributed by atoms with Crippen LogP contribution in [0, 0.1) is 13.8 Å². The molecule has 0 saturated carbocycles. The van der Waals surface area contributed by atoms with Crippen molar-refractivity contribution in [1.82, 2.24) is 14.8 Å². The largest absolute Gasteiger partial charge is 0.376 e. The van der Waals surface area contributed by atoms with E-state index in [0.717, 1.165) is 52.7 Å². The van der Waals surface area contributed by atoms with E-state index < -0.39 is 0 Å². The van der Waals surface area contributed by atoms with Crippen LogP contribution >= 0.6 is 23.4 Å². The van der Waals surface area contributed by atoms with Gasteiger partial charge in [0.2, 0.25) is 0 Å². The molecule has 1 atom stereocenters. The minimum absolute atomic E-state index is 0.0981. The lowest BCUT2D eigenvalue weighted by Gasteiger charge is -2.15. The molecule has 2 heterocycles. The van der Waals surface area contributed by atoms with Gasteiger partial charge in [-0.25, -0.2) is 0 Å². The number of thioether (sulfide) groups is 1. The normalized spacial score (nSPS) is 16.2. The maximum absolute atomic E-state index is 12.8. The molecular weight excluding hydrogens is 418 g/mol.